The van der Waals surface area contributed by atoms with E-state index in [2.05, 4.69) is 5.32 Å². The molecule has 0 radical (unpaired) electrons. The molecule has 0 aromatic heterocycles. The molecule has 0 aliphatic rings. The zero-order valence-corrected chi connectivity index (χ0v) is 10.4. The standard InChI is InChI=1S/C11H15N3O5/c1-2-8(5-6-15)12-10-4-3-9(13(16)17)7-11(10)14(18)19/h3-4,7-8,12,15H,2,5-6H2,1H3. The van der Waals surface area contributed by atoms with Gasteiger partial charge in [-0.3, -0.25) is 20.2 Å². The first-order valence-corrected chi connectivity index (χ1v) is 5.79. The summed E-state index contributed by atoms with van der Waals surface area (Å²) in [5, 5.41) is 33.3. The van der Waals surface area contributed by atoms with E-state index in [1.165, 1.54) is 12.1 Å². The summed E-state index contributed by atoms with van der Waals surface area (Å²) in [5.74, 6) is 0. The number of nitro benzene ring substituents is 2. The van der Waals surface area contributed by atoms with Crippen LogP contribution in [0.5, 0.6) is 0 Å². The van der Waals surface area contributed by atoms with E-state index < -0.39 is 9.85 Å². The molecule has 1 unspecified atom stereocenters. The molecule has 1 rings (SSSR count). The molecule has 1 aromatic rings. The van der Waals surface area contributed by atoms with Gasteiger partial charge in [0.1, 0.15) is 5.69 Å². The summed E-state index contributed by atoms with van der Waals surface area (Å²) < 4.78 is 0. The number of hydrogen-bond donors (Lipinski definition) is 2. The quantitative estimate of drug-likeness (QED) is 0.577. The van der Waals surface area contributed by atoms with Gasteiger partial charge in [0, 0.05) is 18.7 Å². The average molecular weight is 269 g/mol. The van der Waals surface area contributed by atoms with Crippen LogP contribution < -0.4 is 5.32 Å². The van der Waals surface area contributed by atoms with Crippen molar-refractivity contribution in [1.82, 2.24) is 0 Å². The molecule has 1 aromatic carbocycles. The molecule has 0 amide bonds. The van der Waals surface area contributed by atoms with Crippen molar-refractivity contribution in [1.29, 1.82) is 0 Å². The first kappa shape index (κ1) is 14.8. The third kappa shape index (κ3) is 3.88. The maximum atomic E-state index is 10.9. The maximum Gasteiger partial charge on any atom is 0.299 e. The van der Waals surface area contributed by atoms with Crippen LogP contribution in [0.25, 0.3) is 0 Å². The number of rotatable bonds is 7. The number of nitrogens with one attached hydrogen (secondary N) is 1. The highest BCUT2D eigenvalue weighted by Crippen LogP contribution is 2.29. The number of aliphatic hydroxyl groups excluding tert-OH is 1. The van der Waals surface area contributed by atoms with Crippen LogP contribution in [0, 0.1) is 20.2 Å². The SMILES string of the molecule is CCC(CCO)Nc1ccc([N+](=O)[O-])cc1[N+](=O)[O-]. The molecule has 0 heterocycles. The summed E-state index contributed by atoms with van der Waals surface area (Å²) in [7, 11) is 0. The van der Waals surface area contributed by atoms with Crippen molar-refractivity contribution >= 4 is 17.1 Å². The zero-order valence-electron chi connectivity index (χ0n) is 10.4. The average Bonchev–Trinajstić information content (AvgIpc) is 2.37. The van der Waals surface area contributed by atoms with Gasteiger partial charge in [0.2, 0.25) is 0 Å². The molecule has 0 bridgehead atoms. The summed E-state index contributed by atoms with van der Waals surface area (Å²) in [6.45, 7) is 1.84. The van der Waals surface area contributed by atoms with Gasteiger partial charge in [0.05, 0.1) is 15.9 Å². The van der Waals surface area contributed by atoms with Gasteiger partial charge in [-0.15, -0.1) is 0 Å². The smallest absolute Gasteiger partial charge is 0.299 e. The van der Waals surface area contributed by atoms with Gasteiger partial charge in [-0.05, 0) is 18.9 Å². The van der Waals surface area contributed by atoms with E-state index in [0.29, 0.717) is 12.8 Å². The molecule has 0 fully saturated rings. The van der Waals surface area contributed by atoms with E-state index in [4.69, 9.17) is 5.11 Å². The van der Waals surface area contributed by atoms with Gasteiger partial charge in [-0.25, -0.2) is 0 Å². The van der Waals surface area contributed by atoms with Crippen LogP contribution >= 0.6 is 0 Å². The molecule has 8 heteroatoms. The molecular weight excluding hydrogens is 254 g/mol. The van der Waals surface area contributed by atoms with Crippen LogP contribution in [0.2, 0.25) is 0 Å². The minimum atomic E-state index is -0.679. The highest BCUT2D eigenvalue weighted by Gasteiger charge is 2.20. The number of anilines is 1. The highest BCUT2D eigenvalue weighted by atomic mass is 16.6. The predicted octanol–water partition coefficient (Wildman–Crippen LogP) is 2.08. The number of non-ortho nitro benzene ring substituents is 1. The Hall–Kier alpha value is -2.22. The van der Waals surface area contributed by atoms with Crippen LogP contribution in [-0.2, 0) is 0 Å². The highest BCUT2D eigenvalue weighted by molar-refractivity contribution is 5.65. The number of benzene rings is 1. The number of nitro groups is 2. The fourth-order valence-corrected chi connectivity index (χ4v) is 1.66. The fourth-order valence-electron chi connectivity index (χ4n) is 1.66. The van der Waals surface area contributed by atoms with E-state index in [-0.39, 0.29) is 29.7 Å². The Morgan fingerprint density at radius 3 is 2.47 bits per heavy atom. The van der Waals surface area contributed by atoms with Crippen molar-refractivity contribution in [3.8, 4) is 0 Å². The van der Waals surface area contributed by atoms with Crippen molar-refractivity contribution in [2.75, 3.05) is 11.9 Å². The monoisotopic (exact) mass is 269 g/mol. The normalized spacial score (nSPS) is 11.9. The van der Waals surface area contributed by atoms with Gasteiger partial charge >= 0.3 is 0 Å². The maximum absolute atomic E-state index is 10.9. The van der Waals surface area contributed by atoms with Crippen LogP contribution in [0.1, 0.15) is 19.8 Å². The third-order valence-electron chi connectivity index (χ3n) is 2.72. The molecule has 0 spiro atoms. The Bertz CT molecular complexity index is 477. The topological polar surface area (TPSA) is 119 Å². The molecule has 104 valence electrons. The third-order valence-corrected chi connectivity index (χ3v) is 2.72. The zero-order chi connectivity index (χ0) is 14.4. The largest absolute Gasteiger partial charge is 0.396 e. The Morgan fingerprint density at radius 2 is 2.00 bits per heavy atom. The van der Waals surface area contributed by atoms with Crippen molar-refractivity contribution in [2.45, 2.75) is 25.8 Å². The Labute approximate surface area is 109 Å². The van der Waals surface area contributed by atoms with E-state index in [1.54, 1.807) is 0 Å². The van der Waals surface area contributed by atoms with Crippen LogP contribution in [0.4, 0.5) is 17.1 Å². The van der Waals surface area contributed by atoms with E-state index in [0.717, 1.165) is 6.07 Å². The molecular formula is C11H15N3O5. The molecule has 8 nitrogen and oxygen atoms in total. The minimum Gasteiger partial charge on any atom is -0.396 e. The van der Waals surface area contributed by atoms with Crippen molar-refractivity contribution in [2.24, 2.45) is 0 Å². The molecule has 0 saturated heterocycles. The number of hydrogen-bond acceptors (Lipinski definition) is 6. The van der Waals surface area contributed by atoms with Gasteiger partial charge < -0.3 is 10.4 Å². The van der Waals surface area contributed by atoms with Crippen LogP contribution in [0.15, 0.2) is 18.2 Å². The number of nitrogens with zero attached hydrogens (tertiary/aromatic N) is 2. The molecule has 0 aliphatic heterocycles. The molecule has 0 saturated carbocycles. The van der Waals surface area contributed by atoms with Crippen molar-refractivity contribution in [3.63, 3.8) is 0 Å². The second kappa shape index (κ2) is 6.64. The second-order valence-electron chi connectivity index (χ2n) is 3.98. The van der Waals surface area contributed by atoms with E-state index in [1.807, 2.05) is 6.92 Å². The molecule has 1 atom stereocenters. The first-order valence-electron chi connectivity index (χ1n) is 5.79. The summed E-state index contributed by atoms with van der Waals surface area (Å²) in [4.78, 5) is 20.2. The van der Waals surface area contributed by atoms with E-state index >= 15 is 0 Å². The van der Waals surface area contributed by atoms with E-state index in [9.17, 15) is 20.2 Å². The first-order chi connectivity index (χ1) is 8.99. The number of aliphatic hydroxyl groups is 1. The van der Waals surface area contributed by atoms with Crippen molar-refractivity contribution in [3.05, 3.63) is 38.4 Å². The predicted molar refractivity (Wildman–Crippen MR) is 69.2 cm³/mol. The second-order valence-corrected chi connectivity index (χ2v) is 3.98. The molecule has 19 heavy (non-hydrogen) atoms. The summed E-state index contributed by atoms with van der Waals surface area (Å²) >= 11 is 0. The lowest BCUT2D eigenvalue weighted by molar-refractivity contribution is -0.393. The van der Waals surface area contributed by atoms with Gasteiger partial charge in [-0.1, -0.05) is 6.92 Å². The van der Waals surface area contributed by atoms with Crippen LogP contribution in [-0.4, -0.2) is 27.6 Å². The lowest BCUT2D eigenvalue weighted by Gasteiger charge is -2.16. The fraction of sp³-hybridized carbons (Fsp3) is 0.455. The lowest BCUT2D eigenvalue weighted by atomic mass is 10.1. The Balaban J connectivity index is 3.06. The van der Waals surface area contributed by atoms with Gasteiger partial charge in [-0.2, -0.15) is 0 Å². The van der Waals surface area contributed by atoms with Gasteiger partial charge in [0.15, 0.2) is 0 Å². The van der Waals surface area contributed by atoms with Gasteiger partial charge in [0.25, 0.3) is 11.4 Å². The Morgan fingerprint density at radius 1 is 1.32 bits per heavy atom. The van der Waals surface area contributed by atoms with Crippen LogP contribution in [0.3, 0.4) is 0 Å². The molecule has 0 aliphatic carbocycles. The van der Waals surface area contributed by atoms with Crippen molar-refractivity contribution < 1.29 is 15.0 Å². The summed E-state index contributed by atoms with van der Waals surface area (Å²) in [6, 6.07) is 3.33. The summed E-state index contributed by atoms with van der Waals surface area (Å²) in [5.41, 5.74) is -0.450. The Kier molecular flexibility index (Phi) is 5.19. The minimum absolute atomic E-state index is 0.0354. The summed E-state index contributed by atoms with van der Waals surface area (Å²) in [6.07, 6.45) is 1.12. The molecule has 2 N–H and O–H groups in total. The lowest BCUT2D eigenvalue weighted by Crippen LogP contribution is -2.20.